The molecule has 0 saturated heterocycles. The fraction of sp³-hybridized carbons (Fsp3) is 0.250. The van der Waals surface area contributed by atoms with Crippen LogP contribution in [0.4, 0.5) is 35.1 Å². The van der Waals surface area contributed by atoms with Crippen LogP contribution in [0, 0.1) is 11.6 Å². The van der Waals surface area contributed by atoms with Crippen LogP contribution in [0.2, 0.25) is 0 Å². The van der Waals surface area contributed by atoms with Crippen LogP contribution >= 0.6 is 0 Å². The molecular formula is C16H11BF8O4. The first kappa shape index (κ1) is 22.4. The third kappa shape index (κ3) is 7.96. The number of ether oxygens (including phenoxy) is 2. The molecule has 0 aromatic heterocycles. The summed E-state index contributed by atoms with van der Waals surface area (Å²) >= 11 is 0. The van der Waals surface area contributed by atoms with Crippen molar-refractivity contribution in [3.63, 3.8) is 0 Å². The van der Waals surface area contributed by atoms with Gasteiger partial charge in [-0.3, -0.25) is 0 Å². The Balaban J connectivity index is 1.94. The highest BCUT2D eigenvalue weighted by Crippen LogP contribution is 2.27. The Morgan fingerprint density at radius 1 is 0.655 bits per heavy atom. The molecular weight excluding hydrogens is 419 g/mol. The molecule has 0 radical (unpaired) electrons. The molecule has 13 heteroatoms. The fourth-order valence-corrected chi connectivity index (χ4v) is 1.85. The molecule has 0 spiro atoms. The van der Waals surface area contributed by atoms with E-state index in [0.717, 1.165) is 36.4 Å². The minimum Gasteiger partial charge on any atom is -0.528 e. The molecule has 0 aliphatic rings. The number of hydrogen-bond donors (Lipinski definition) is 0. The predicted octanol–water partition coefficient (Wildman–Crippen LogP) is 4.57. The second kappa shape index (κ2) is 9.10. The van der Waals surface area contributed by atoms with Crippen molar-refractivity contribution in [1.29, 1.82) is 0 Å². The van der Waals surface area contributed by atoms with E-state index in [9.17, 15) is 35.1 Å². The number of hydrogen-bond acceptors (Lipinski definition) is 4. The summed E-state index contributed by atoms with van der Waals surface area (Å²) in [6.07, 6.45) is -9.33. The van der Waals surface area contributed by atoms with Gasteiger partial charge in [0.15, 0.2) is 36.3 Å². The van der Waals surface area contributed by atoms with Gasteiger partial charge in [0.1, 0.15) is 11.5 Å². The van der Waals surface area contributed by atoms with E-state index in [1.165, 1.54) is 0 Å². The minimum absolute atomic E-state index is 0.112. The monoisotopic (exact) mass is 430 g/mol. The van der Waals surface area contributed by atoms with Gasteiger partial charge >= 0.3 is 20.0 Å². The van der Waals surface area contributed by atoms with Crippen molar-refractivity contribution < 1.29 is 53.9 Å². The summed E-state index contributed by atoms with van der Waals surface area (Å²) in [5.41, 5.74) is 0. The molecule has 0 bridgehead atoms. The Morgan fingerprint density at radius 2 is 1.03 bits per heavy atom. The lowest BCUT2D eigenvalue weighted by atomic mass is 10.2. The highest BCUT2D eigenvalue weighted by molar-refractivity contribution is 6.20. The zero-order valence-corrected chi connectivity index (χ0v) is 14.2. The van der Waals surface area contributed by atoms with E-state index in [1.807, 2.05) is 0 Å². The molecule has 0 fully saturated rings. The summed E-state index contributed by atoms with van der Waals surface area (Å²) in [5.74, 6) is -3.73. The van der Waals surface area contributed by atoms with E-state index in [2.05, 4.69) is 9.47 Å². The van der Waals surface area contributed by atoms with Gasteiger partial charge in [-0.1, -0.05) is 0 Å². The first-order chi connectivity index (χ1) is 13.4. The summed E-state index contributed by atoms with van der Waals surface area (Å²) < 4.78 is 119. The molecule has 0 saturated carbocycles. The highest BCUT2D eigenvalue weighted by atomic mass is 19.4. The number of halogens is 8. The molecule has 4 nitrogen and oxygen atoms in total. The van der Waals surface area contributed by atoms with Crippen LogP contribution in [0.5, 0.6) is 23.0 Å². The summed E-state index contributed by atoms with van der Waals surface area (Å²) in [7, 11) is -0.575. The van der Waals surface area contributed by atoms with Crippen molar-refractivity contribution in [2.75, 3.05) is 13.2 Å². The van der Waals surface area contributed by atoms with E-state index in [-0.39, 0.29) is 11.5 Å². The molecule has 29 heavy (non-hydrogen) atoms. The van der Waals surface area contributed by atoms with Crippen molar-refractivity contribution in [3.8, 4) is 23.0 Å². The van der Waals surface area contributed by atoms with Gasteiger partial charge in [-0.15, -0.1) is 0 Å². The number of alkyl halides is 6. The maximum atomic E-state index is 13.5. The lowest BCUT2D eigenvalue weighted by molar-refractivity contribution is -0.154. The standard InChI is InChI=1S/C16H11BF8O4/c18-11-3-1-9(5-13(11)26-7-15(20,21)22)28-17-29-10-2-4-12(19)14(6-10)27-8-16(23,24)25/h1-6,17H,7-8H2. The van der Waals surface area contributed by atoms with Crippen LogP contribution in [0.15, 0.2) is 36.4 Å². The Hall–Kier alpha value is -2.86. The molecule has 0 amide bonds. The van der Waals surface area contributed by atoms with E-state index in [4.69, 9.17) is 9.31 Å². The van der Waals surface area contributed by atoms with Crippen LogP contribution in [-0.4, -0.2) is 33.3 Å². The topological polar surface area (TPSA) is 36.9 Å². The predicted molar refractivity (Wildman–Crippen MR) is 84.3 cm³/mol. The molecule has 0 aliphatic heterocycles. The Kier molecular flexibility index (Phi) is 7.04. The molecule has 0 N–H and O–H groups in total. The van der Waals surface area contributed by atoms with Gasteiger partial charge in [-0.2, -0.15) is 26.3 Å². The molecule has 2 aromatic carbocycles. The van der Waals surface area contributed by atoms with Crippen molar-refractivity contribution in [2.45, 2.75) is 12.4 Å². The summed E-state index contributed by atoms with van der Waals surface area (Å²) in [5, 5.41) is 0. The first-order valence-electron chi connectivity index (χ1n) is 7.67. The lowest BCUT2D eigenvalue weighted by Crippen LogP contribution is -2.20. The van der Waals surface area contributed by atoms with Gasteiger partial charge < -0.3 is 18.8 Å². The third-order valence-electron chi connectivity index (χ3n) is 3.04. The maximum Gasteiger partial charge on any atom is 0.576 e. The Bertz CT molecular complexity index is 758. The van der Waals surface area contributed by atoms with E-state index in [1.54, 1.807) is 0 Å². The van der Waals surface area contributed by atoms with Gasteiger partial charge in [0, 0.05) is 12.1 Å². The molecule has 0 aliphatic carbocycles. The van der Waals surface area contributed by atoms with Gasteiger partial charge in [0.25, 0.3) is 0 Å². The van der Waals surface area contributed by atoms with Crippen LogP contribution < -0.4 is 18.8 Å². The first-order valence-corrected chi connectivity index (χ1v) is 7.67. The van der Waals surface area contributed by atoms with E-state index < -0.39 is 56.4 Å². The van der Waals surface area contributed by atoms with Crippen molar-refractivity contribution in [3.05, 3.63) is 48.0 Å². The highest BCUT2D eigenvalue weighted by Gasteiger charge is 2.29. The zero-order chi connectivity index (χ0) is 21.7. The van der Waals surface area contributed by atoms with Gasteiger partial charge in [0.05, 0.1) is 0 Å². The van der Waals surface area contributed by atoms with E-state index in [0.29, 0.717) is 0 Å². The molecule has 2 rings (SSSR count). The van der Waals surface area contributed by atoms with Crippen LogP contribution in [-0.2, 0) is 0 Å². The van der Waals surface area contributed by atoms with E-state index >= 15 is 0 Å². The number of benzene rings is 2. The quantitative estimate of drug-likeness (QED) is 0.455. The van der Waals surface area contributed by atoms with Gasteiger partial charge in [-0.05, 0) is 24.3 Å². The van der Waals surface area contributed by atoms with Gasteiger partial charge in [0.2, 0.25) is 0 Å². The van der Waals surface area contributed by atoms with Gasteiger partial charge in [-0.25, -0.2) is 8.78 Å². The summed E-state index contributed by atoms with van der Waals surface area (Å²) in [4.78, 5) is 0. The molecule has 0 atom stereocenters. The average molecular weight is 430 g/mol. The molecule has 0 heterocycles. The van der Waals surface area contributed by atoms with Crippen molar-refractivity contribution in [2.24, 2.45) is 0 Å². The average Bonchev–Trinajstić information content (AvgIpc) is 2.60. The van der Waals surface area contributed by atoms with Crippen LogP contribution in [0.3, 0.4) is 0 Å². The normalized spacial score (nSPS) is 11.7. The third-order valence-corrected chi connectivity index (χ3v) is 3.04. The molecule has 0 unspecified atom stereocenters. The minimum atomic E-state index is -4.67. The SMILES string of the molecule is Fc1ccc(OBOc2ccc(F)c(OCC(F)(F)F)c2)cc1OCC(F)(F)F. The maximum absolute atomic E-state index is 13.5. The summed E-state index contributed by atoms with van der Waals surface area (Å²) in [6, 6.07) is 5.49. The zero-order valence-electron chi connectivity index (χ0n) is 14.2. The largest absolute Gasteiger partial charge is 0.576 e. The second-order valence-electron chi connectivity index (χ2n) is 5.40. The number of rotatable bonds is 8. The summed E-state index contributed by atoms with van der Waals surface area (Å²) in [6.45, 7) is -3.42. The Labute approximate surface area is 159 Å². The van der Waals surface area contributed by atoms with Crippen LogP contribution in [0.1, 0.15) is 0 Å². The Morgan fingerprint density at radius 3 is 1.38 bits per heavy atom. The smallest absolute Gasteiger partial charge is 0.528 e. The van der Waals surface area contributed by atoms with Crippen molar-refractivity contribution in [1.82, 2.24) is 0 Å². The fourth-order valence-electron chi connectivity index (χ4n) is 1.85. The lowest BCUT2D eigenvalue weighted by Gasteiger charge is -2.13. The van der Waals surface area contributed by atoms with Crippen molar-refractivity contribution >= 4 is 7.69 Å². The van der Waals surface area contributed by atoms with Crippen LogP contribution in [0.25, 0.3) is 0 Å². The molecule has 2 aromatic rings. The molecule has 158 valence electrons. The second-order valence-corrected chi connectivity index (χ2v) is 5.40.